The number of benzene rings is 2. The highest BCUT2D eigenvalue weighted by Gasteiger charge is 2.34. The van der Waals surface area contributed by atoms with Gasteiger partial charge >= 0.3 is 0 Å². The van der Waals surface area contributed by atoms with Gasteiger partial charge in [-0.1, -0.05) is 67.1 Å². The van der Waals surface area contributed by atoms with Crippen molar-refractivity contribution in [1.29, 1.82) is 0 Å². The number of hydrogen-bond donors (Lipinski definition) is 0. The molecular weight excluding hydrogens is 372 g/mol. The molecule has 1 fully saturated rings. The number of hydrogen-bond acceptors (Lipinski definition) is 3. The van der Waals surface area contributed by atoms with Gasteiger partial charge in [0, 0.05) is 36.9 Å². The molecule has 0 N–H and O–H groups in total. The molecule has 1 aromatic heterocycles. The van der Waals surface area contributed by atoms with Gasteiger partial charge < -0.3 is 9.32 Å². The molecule has 1 saturated heterocycles. The highest BCUT2D eigenvalue weighted by molar-refractivity contribution is 5.77. The maximum Gasteiger partial charge on any atom is 0.223 e. The van der Waals surface area contributed by atoms with E-state index in [0.29, 0.717) is 24.7 Å². The van der Waals surface area contributed by atoms with Crippen molar-refractivity contribution in [3.8, 4) is 11.3 Å². The minimum absolute atomic E-state index is 0.210. The second-order valence-electron chi connectivity index (χ2n) is 8.21. The van der Waals surface area contributed by atoms with Gasteiger partial charge in [0.05, 0.1) is 6.20 Å². The first-order chi connectivity index (χ1) is 14.7. The first kappa shape index (κ1) is 20.4. The summed E-state index contributed by atoms with van der Waals surface area (Å²) in [4.78, 5) is 19.5. The van der Waals surface area contributed by atoms with Crippen molar-refractivity contribution < 1.29 is 9.21 Å². The zero-order chi connectivity index (χ0) is 20.9. The van der Waals surface area contributed by atoms with E-state index in [1.54, 1.807) is 6.20 Å². The summed E-state index contributed by atoms with van der Waals surface area (Å²) in [6, 6.07) is 19.1. The predicted octanol–water partition coefficient (Wildman–Crippen LogP) is 5.77. The largest absolute Gasteiger partial charge is 0.441 e. The molecule has 30 heavy (non-hydrogen) atoms. The molecule has 0 radical (unpaired) electrons. The highest BCUT2D eigenvalue weighted by Crippen LogP contribution is 2.34. The van der Waals surface area contributed by atoms with Crippen molar-refractivity contribution in [2.75, 3.05) is 6.54 Å². The lowest BCUT2D eigenvalue weighted by Crippen LogP contribution is -2.39. The lowest BCUT2D eigenvalue weighted by Gasteiger charge is -2.31. The van der Waals surface area contributed by atoms with Crippen LogP contribution in [0.3, 0.4) is 0 Å². The fourth-order valence-corrected chi connectivity index (χ4v) is 4.59. The van der Waals surface area contributed by atoms with Crippen molar-refractivity contribution in [1.82, 2.24) is 9.88 Å². The first-order valence-corrected chi connectivity index (χ1v) is 11.0. The number of aryl methyl sites for hydroxylation is 2. The third-order valence-electron chi connectivity index (χ3n) is 6.19. The van der Waals surface area contributed by atoms with Crippen LogP contribution in [0.4, 0.5) is 0 Å². The van der Waals surface area contributed by atoms with Gasteiger partial charge in [0.15, 0.2) is 11.7 Å². The average Bonchev–Trinajstić information content (AvgIpc) is 3.44. The van der Waals surface area contributed by atoms with Crippen molar-refractivity contribution >= 4 is 5.91 Å². The Morgan fingerprint density at radius 3 is 2.67 bits per heavy atom. The molecule has 2 heterocycles. The molecule has 3 aromatic rings. The molecule has 1 amide bonds. The Morgan fingerprint density at radius 2 is 1.93 bits per heavy atom. The lowest BCUT2D eigenvalue weighted by atomic mass is 9.87. The monoisotopic (exact) mass is 402 g/mol. The summed E-state index contributed by atoms with van der Waals surface area (Å²) >= 11 is 0. The van der Waals surface area contributed by atoms with Crippen LogP contribution in [0.2, 0.25) is 0 Å². The van der Waals surface area contributed by atoms with E-state index in [1.165, 1.54) is 11.1 Å². The van der Waals surface area contributed by atoms with Crippen LogP contribution in [0, 0.1) is 6.92 Å². The number of oxazole rings is 1. The Hall–Kier alpha value is -2.88. The number of carbonyl (C=O) groups is 1. The summed E-state index contributed by atoms with van der Waals surface area (Å²) in [6.07, 6.45) is 5.93. The smallest absolute Gasteiger partial charge is 0.223 e. The SMILES string of the molecule is CC[C@H](c1ccccc1)[C@H]1CCCN1C(=O)CCc1ncc(-c2ccc(C)cc2)o1. The van der Waals surface area contributed by atoms with Gasteiger partial charge in [-0.25, -0.2) is 4.98 Å². The van der Waals surface area contributed by atoms with E-state index in [1.807, 2.05) is 12.1 Å². The molecule has 4 rings (SSSR count). The molecule has 2 atom stereocenters. The van der Waals surface area contributed by atoms with Gasteiger partial charge in [0.2, 0.25) is 5.91 Å². The molecule has 2 aromatic carbocycles. The van der Waals surface area contributed by atoms with Crippen LogP contribution in [0.1, 0.15) is 55.5 Å². The van der Waals surface area contributed by atoms with E-state index < -0.39 is 0 Å². The number of nitrogens with zero attached hydrogens (tertiary/aromatic N) is 2. The third-order valence-corrected chi connectivity index (χ3v) is 6.19. The first-order valence-electron chi connectivity index (χ1n) is 11.0. The second kappa shape index (κ2) is 9.29. The maximum absolute atomic E-state index is 13.1. The summed E-state index contributed by atoms with van der Waals surface area (Å²) in [5.74, 6) is 1.99. The van der Waals surface area contributed by atoms with Gasteiger partial charge in [0.25, 0.3) is 0 Å². The molecule has 0 unspecified atom stereocenters. The summed E-state index contributed by atoms with van der Waals surface area (Å²) in [5, 5.41) is 0. The maximum atomic E-state index is 13.1. The van der Waals surface area contributed by atoms with Crippen molar-refractivity contribution in [2.24, 2.45) is 0 Å². The molecule has 0 aliphatic carbocycles. The zero-order valence-electron chi connectivity index (χ0n) is 17.9. The van der Waals surface area contributed by atoms with Crippen LogP contribution < -0.4 is 0 Å². The Balaban J connectivity index is 1.39. The molecule has 0 bridgehead atoms. The minimum Gasteiger partial charge on any atom is -0.441 e. The second-order valence-corrected chi connectivity index (χ2v) is 8.21. The average molecular weight is 403 g/mol. The topological polar surface area (TPSA) is 46.3 Å². The van der Waals surface area contributed by atoms with Gasteiger partial charge in [0.1, 0.15) is 0 Å². The minimum atomic E-state index is 0.210. The lowest BCUT2D eigenvalue weighted by molar-refractivity contribution is -0.132. The molecule has 1 aliphatic rings. The highest BCUT2D eigenvalue weighted by atomic mass is 16.4. The number of amides is 1. The normalized spacial score (nSPS) is 17.3. The molecule has 0 spiro atoms. The van der Waals surface area contributed by atoms with Crippen molar-refractivity contribution in [3.63, 3.8) is 0 Å². The van der Waals surface area contributed by atoms with Crippen LogP contribution in [0.25, 0.3) is 11.3 Å². The number of aromatic nitrogens is 1. The molecular formula is C26H30N2O2. The van der Waals surface area contributed by atoms with Gasteiger partial charge in [-0.2, -0.15) is 0 Å². The predicted molar refractivity (Wildman–Crippen MR) is 119 cm³/mol. The number of carbonyl (C=O) groups excluding carboxylic acids is 1. The summed E-state index contributed by atoms with van der Waals surface area (Å²) in [6.45, 7) is 5.14. The van der Waals surface area contributed by atoms with E-state index >= 15 is 0 Å². The molecule has 4 heteroatoms. The van der Waals surface area contributed by atoms with Crippen LogP contribution in [0.15, 0.2) is 65.2 Å². The Labute approximate surface area is 178 Å². The standard InChI is InChI=1S/C26H30N2O2/c1-3-22(20-8-5-4-6-9-20)23-10-7-17-28(23)26(29)16-15-25-27-18-24(30-25)21-13-11-19(2)12-14-21/h4-6,8-9,11-14,18,22-23H,3,7,10,15-17H2,1-2H3/t22-,23-/m1/s1. The van der Waals surface area contributed by atoms with Gasteiger partial charge in [-0.15, -0.1) is 0 Å². The van der Waals surface area contributed by atoms with Crippen LogP contribution in [-0.4, -0.2) is 28.4 Å². The van der Waals surface area contributed by atoms with Gasteiger partial charge in [-0.05, 0) is 31.7 Å². The van der Waals surface area contributed by atoms with Gasteiger partial charge in [-0.3, -0.25) is 4.79 Å². The fraction of sp³-hybridized carbons (Fsp3) is 0.385. The van der Waals surface area contributed by atoms with Crippen LogP contribution in [0.5, 0.6) is 0 Å². The quantitative estimate of drug-likeness (QED) is 0.504. The third kappa shape index (κ3) is 4.48. The molecule has 1 aliphatic heterocycles. The Morgan fingerprint density at radius 1 is 1.17 bits per heavy atom. The number of rotatable bonds is 7. The number of likely N-dealkylation sites (tertiary alicyclic amines) is 1. The van der Waals surface area contributed by atoms with E-state index in [2.05, 4.69) is 66.2 Å². The molecule has 0 saturated carbocycles. The van der Waals surface area contributed by atoms with E-state index in [0.717, 1.165) is 37.1 Å². The van der Waals surface area contributed by atoms with E-state index in [-0.39, 0.29) is 11.9 Å². The van der Waals surface area contributed by atoms with E-state index in [9.17, 15) is 4.79 Å². The molecule has 156 valence electrons. The van der Waals surface area contributed by atoms with E-state index in [4.69, 9.17) is 4.42 Å². The van der Waals surface area contributed by atoms with Crippen LogP contribution >= 0.6 is 0 Å². The summed E-state index contributed by atoms with van der Waals surface area (Å²) < 4.78 is 5.91. The summed E-state index contributed by atoms with van der Waals surface area (Å²) in [7, 11) is 0. The summed E-state index contributed by atoms with van der Waals surface area (Å²) in [5.41, 5.74) is 3.56. The fourth-order valence-electron chi connectivity index (χ4n) is 4.59. The van der Waals surface area contributed by atoms with Crippen LogP contribution in [-0.2, 0) is 11.2 Å². The Bertz CT molecular complexity index is 962. The zero-order valence-corrected chi connectivity index (χ0v) is 17.9. The Kier molecular flexibility index (Phi) is 6.32. The molecule has 4 nitrogen and oxygen atoms in total. The van der Waals surface area contributed by atoms with Crippen molar-refractivity contribution in [2.45, 2.75) is 57.9 Å². The van der Waals surface area contributed by atoms with Crippen molar-refractivity contribution in [3.05, 3.63) is 77.8 Å².